The highest BCUT2D eigenvalue weighted by molar-refractivity contribution is 5.17. The van der Waals surface area contributed by atoms with E-state index in [-0.39, 0.29) is 11.9 Å². The van der Waals surface area contributed by atoms with E-state index in [0.717, 1.165) is 23.5 Å². The number of likely N-dealkylation sites (N-methyl/N-ethyl adjacent to an activating group) is 1. The van der Waals surface area contributed by atoms with Gasteiger partial charge in [0.05, 0.1) is 6.04 Å². The van der Waals surface area contributed by atoms with E-state index < -0.39 is 0 Å². The Morgan fingerprint density at radius 1 is 1.20 bits per heavy atom. The number of aryl methyl sites for hydroxylation is 1. The molecule has 108 valence electrons. The standard InChI is InChI=1S/C16H21FN2O/c1-3-14-8-9-16(20-14)15(10-18)19(2)11-12-4-6-13(17)7-5-12/h4-9,15H,3,10-11,18H2,1-2H3. The van der Waals surface area contributed by atoms with Gasteiger partial charge in [-0.1, -0.05) is 19.1 Å². The van der Waals surface area contributed by atoms with Crippen LogP contribution in [0.25, 0.3) is 0 Å². The number of benzene rings is 1. The molecule has 0 saturated carbocycles. The quantitative estimate of drug-likeness (QED) is 0.881. The number of nitrogens with two attached hydrogens (primary N) is 1. The van der Waals surface area contributed by atoms with Crippen LogP contribution >= 0.6 is 0 Å². The maximum atomic E-state index is 12.9. The lowest BCUT2D eigenvalue weighted by Gasteiger charge is -2.25. The zero-order valence-corrected chi connectivity index (χ0v) is 12.0. The summed E-state index contributed by atoms with van der Waals surface area (Å²) >= 11 is 0. The summed E-state index contributed by atoms with van der Waals surface area (Å²) in [5, 5.41) is 0. The molecule has 0 fully saturated rings. The Morgan fingerprint density at radius 2 is 1.90 bits per heavy atom. The largest absolute Gasteiger partial charge is 0.464 e. The van der Waals surface area contributed by atoms with E-state index >= 15 is 0 Å². The second-order valence-corrected chi connectivity index (χ2v) is 4.95. The SMILES string of the molecule is CCc1ccc(C(CN)N(C)Cc2ccc(F)cc2)o1. The van der Waals surface area contributed by atoms with Gasteiger partial charge in [0.25, 0.3) is 0 Å². The Morgan fingerprint density at radius 3 is 2.45 bits per heavy atom. The highest BCUT2D eigenvalue weighted by atomic mass is 19.1. The van der Waals surface area contributed by atoms with Gasteiger partial charge in [0.2, 0.25) is 0 Å². The normalized spacial score (nSPS) is 12.8. The van der Waals surface area contributed by atoms with Gasteiger partial charge in [-0.3, -0.25) is 4.90 Å². The molecule has 1 heterocycles. The summed E-state index contributed by atoms with van der Waals surface area (Å²) < 4.78 is 18.7. The number of furan rings is 1. The zero-order valence-electron chi connectivity index (χ0n) is 12.0. The topological polar surface area (TPSA) is 42.4 Å². The monoisotopic (exact) mass is 276 g/mol. The number of hydrogen-bond donors (Lipinski definition) is 1. The lowest BCUT2D eigenvalue weighted by atomic mass is 10.1. The number of halogens is 1. The average molecular weight is 276 g/mol. The van der Waals surface area contributed by atoms with Crippen molar-refractivity contribution in [1.29, 1.82) is 0 Å². The summed E-state index contributed by atoms with van der Waals surface area (Å²) in [4.78, 5) is 2.12. The molecule has 2 N–H and O–H groups in total. The van der Waals surface area contributed by atoms with Crippen molar-refractivity contribution >= 4 is 0 Å². The predicted molar refractivity (Wildman–Crippen MR) is 77.7 cm³/mol. The van der Waals surface area contributed by atoms with Crippen molar-refractivity contribution in [2.24, 2.45) is 5.73 Å². The average Bonchev–Trinajstić information content (AvgIpc) is 2.91. The van der Waals surface area contributed by atoms with Crippen LogP contribution < -0.4 is 5.73 Å². The molecular formula is C16H21FN2O. The highest BCUT2D eigenvalue weighted by Gasteiger charge is 2.19. The molecule has 0 spiro atoms. The Labute approximate surface area is 119 Å². The van der Waals surface area contributed by atoms with Gasteiger partial charge in [-0.25, -0.2) is 4.39 Å². The van der Waals surface area contributed by atoms with Crippen molar-refractivity contribution in [3.8, 4) is 0 Å². The predicted octanol–water partition coefficient (Wildman–Crippen LogP) is 3.11. The van der Waals surface area contributed by atoms with E-state index in [4.69, 9.17) is 10.2 Å². The smallest absolute Gasteiger partial charge is 0.123 e. The van der Waals surface area contributed by atoms with Crippen LogP contribution in [0.5, 0.6) is 0 Å². The van der Waals surface area contributed by atoms with Crippen LogP contribution in [0, 0.1) is 5.82 Å². The first kappa shape index (κ1) is 14.8. The molecule has 0 aliphatic rings. The molecular weight excluding hydrogens is 255 g/mol. The van der Waals surface area contributed by atoms with Gasteiger partial charge >= 0.3 is 0 Å². The van der Waals surface area contributed by atoms with Gasteiger partial charge in [0.15, 0.2) is 0 Å². The maximum Gasteiger partial charge on any atom is 0.123 e. The summed E-state index contributed by atoms with van der Waals surface area (Å²) in [5.41, 5.74) is 6.92. The number of hydrogen-bond acceptors (Lipinski definition) is 3. The van der Waals surface area contributed by atoms with E-state index in [1.165, 1.54) is 12.1 Å². The van der Waals surface area contributed by atoms with Crippen molar-refractivity contribution in [1.82, 2.24) is 4.90 Å². The third-order valence-electron chi connectivity index (χ3n) is 3.46. The minimum Gasteiger partial charge on any atom is -0.464 e. The van der Waals surface area contributed by atoms with Gasteiger partial charge in [-0.05, 0) is 36.9 Å². The van der Waals surface area contributed by atoms with Crippen LogP contribution in [0.2, 0.25) is 0 Å². The fraction of sp³-hybridized carbons (Fsp3) is 0.375. The van der Waals surface area contributed by atoms with Gasteiger partial charge in [-0.15, -0.1) is 0 Å². The zero-order chi connectivity index (χ0) is 14.5. The molecule has 0 aliphatic heterocycles. The van der Waals surface area contributed by atoms with Crippen LogP contribution in [0.1, 0.15) is 30.0 Å². The molecule has 2 rings (SSSR count). The molecule has 2 aromatic rings. The summed E-state index contributed by atoms with van der Waals surface area (Å²) in [6, 6.07) is 10.5. The Balaban J connectivity index is 2.08. The molecule has 0 radical (unpaired) electrons. The van der Waals surface area contributed by atoms with Crippen LogP contribution in [-0.2, 0) is 13.0 Å². The molecule has 4 heteroatoms. The first-order chi connectivity index (χ1) is 9.63. The van der Waals surface area contributed by atoms with Crippen LogP contribution in [0.15, 0.2) is 40.8 Å². The third-order valence-corrected chi connectivity index (χ3v) is 3.46. The van der Waals surface area contributed by atoms with Gasteiger partial charge < -0.3 is 10.2 Å². The fourth-order valence-corrected chi connectivity index (χ4v) is 2.26. The second-order valence-electron chi connectivity index (χ2n) is 4.95. The molecule has 1 aromatic heterocycles. The van der Waals surface area contributed by atoms with Crippen molar-refractivity contribution < 1.29 is 8.81 Å². The number of rotatable bonds is 6. The van der Waals surface area contributed by atoms with Crippen molar-refractivity contribution in [2.45, 2.75) is 25.9 Å². The molecule has 0 amide bonds. The summed E-state index contributed by atoms with van der Waals surface area (Å²) in [6.07, 6.45) is 0.874. The van der Waals surface area contributed by atoms with E-state index in [9.17, 15) is 4.39 Å². The minimum absolute atomic E-state index is 0.0281. The second kappa shape index (κ2) is 6.68. The molecule has 0 aliphatic carbocycles. The molecule has 1 atom stereocenters. The molecule has 0 bridgehead atoms. The molecule has 0 saturated heterocycles. The molecule has 1 aromatic carbocycles. The fourth-order valence-electron chi connectivity index (χ4n) is 2.26. The minimum atomic E-state index is -0.217. The van der Waals surface area contributed by atoms with E-state index in [1.807, 2.05) is 19.2 Å². The van der Waals surface area contributed by atoms with Gasteiger partial charge in [-0.2, -0.15) is 0 Å². The van der Waals surface area contributed by atoms with Crippen molar-refractivity contribution in [3.05, 3.63) is 59.3 Å². The van der Waals surface area contributed by atoms with Gasteiger partial charge in [0.1, 0.15) is 17.3 Å². The highest BCUT2D eigenvalue weighted by Crippen LogP contribution is 2.23. The third kappa shape index (κ3) is 3.46. The van der Waals surface area contributed by atoms with Crippen LogP contribution in [0.4, 0.5) is 4.39 Å². The molecule has 3 nitrogen and oxygen atoms in total. The summed E-state index contributed by atoms with van der Waals surface area (Å²) in [6.45, 7) is 3.24. The first-order valence-corrected chi connectivity index (χ1v) is 6.87. The first-order valence-electron chi connectivity index (χ1n) is 6.87. The van der Waals surface area contributed by atoms with Crippen molar-refractivity contribution in [3.63, 3.8) is 0 Å². The molecule has 1 unspecified atom stereocenters. The maximum absolute atomic E-state index is 12.9. The van der Waals surface area contributed by atoms with Crippen molar-refractivity contribution in [2.75, 3.05) is 13.6 Å². The summed E-state index contributed by atoms with van der Waals surface area (Å²) in [5.74, 6) is 1.63. The van der Waals surface area contributed by atoms with Crippen LogP contribution in [-0.4, -0.2) is 18.5 Å². The lowest BCUT2D eigenvalue weighted by molar-refractivity contribution is 0.210. The lowest BCUT2D eigenvalue weighted by Crippen LogP contribution is -2.29. The van der Waals surface area contributed by atoms with Gasteiger partial charge in [0, 0.05) is 19.5 Å². The Kier molecular flexibility index (Phi) is 4.93. The Bertz CT molecular complexity index is 536. The summed E-state index contributed by atoms with van der Waals surface area (Å²) in [7, 11) is 2.00. The number of nitrogens with zero attached hydrogens (tertiary/aromatic N) is 1. The van der Waals surface area contributed by atoms with E-state index in [0.29, 0.717) is 13.1 Å². The van der Waals surface area contributed by atoms with E-state index in [2.05, 4.69) is 11.8 Å². The van der Waals surface area contributed by atoms with Crippen LogP contribution in [0.3, 0.4) is 0 Å². The molecule has 20 heavy (non-hydrogen) atoms. The van der Waals surface area contributed by atoms with E-state index in [1.54, 1.807) is 12.1 Å². The Hall–Kier alpha value is -1.65.